The molecule has 0 aliphatic heterocycles. The minimum absolute atomic E-state index is 0.00547. The van der Waals surface area contributed by atoms with E-state index in [1.807, 2.05) is 13.0 Å². The number of carbonyl (C=O) groups is 1. The number of thiophene rings is 1. The fourth-order valence-corrected chi connectivity index (χ4v) is 14.1. The molecule has 2 N–H and O–H groups in total. The third-order valence-electron chi connectivity index (χ3n) is 14.2. The Morgan fingerprint density at radius 3 is 2.31 bits per heavy atom. The molecule has 1 heterocycles. The van der Waals surface area contributed by atoms with Crippen LogP contribution in [0.25, 0.3) is 0 Å². The highest BCUT2D eigenvalue weighted by molar-refractivity contribution is 7.91. The number of fused-ring (bicyclic) bond motifs is 1. The number of rotatable bonds is 9. The first-order valence-corrected chi connectivity index (χ1v) is 20.8. The molecule has 0 radical (unpaired) electrons. The zero-order valence-electron chi connectivity index (χ0n) is 30.3. The first kappa shape index (κ1) is 38.4. The van der Waals surface area contributed by atoms with Crippen molar-refractivity contribution in [3.05, 3.63) is 107 Å². The first-order valence-electron chi connectivity index (χ1n) is 18.5. The van der Waals surface area contributed by atoms with Crippen LogP contribution in [0.3, 0.4) is 0 Å². The molecule has 3 aromatic rings. The smallest absolute Gasteiger partial charge is 0.406 e. The number of aliphatic hydroxyl groups is 2. The molecule has 6 aliphatic carbocycles. The Balaban J connectivity index is 1.20. The van der Waals surface area contributed by atoms with Gasteiger partial charge in [0.2, 0.25) is 0 Å². The number of alkyl halides is 3. The van der Waals surface area contributed by atoms with Gasteiger partial charge in [-0.2, -0.15) is 4.31 Å². The van der Waals surface area contributed by atoms with Gasteiger partial charge in [0.25, 0.3) is 10.0 Å². The SMILES string of the molecule is C[C@]12CC[C@H]3[C@]4(C=C[C@@]5(C=C4C(=O)c4ccc(F)c(F)c4)CC(O)CC[C@]35C)[C@@H]1CC[C@@]2(O)CN(Cc1ccc(OC(F)(F)F)cc1)S(=O)(=O)c1cccs1. The minimum Gasteiger partial charge on any atom is -0.406 e. The molecular weight excluding hydrogens is 762 g/mol. The van der Waals surface area contributed by atoms with E-state index in [0.29, 0.717) is 49.7 Å². The number of ketones is 1. The van der Waals surface area contributed by atoms with Gasteiger partial charge in [0.15, 0.2) is 17.4 Å². The number of hydrogen-bond donors (Lipinski definition) is 2. The second-order valence-electron chi connectivity index (χ2n) is 16.7. The van der Waals surface area contributed by atoms with Gasteiger partial charge in [-0.05, 0) is 110 Å². The Morgan fingerprint density at radius 1 is 0.945 bits per heavy atom. The van der Waals surface area contributed by atoms with E-state index in [2.05, 4.69) is 23.8 Å². The lowest BCUT2D eigenvalue weighted by Gasteiger charge is -2.71. The molecule has 294 valence electrons. The molecule has 8 atom stereocenters. The maximum absolute atomic E-state index is 14.7. The van der Waals surface area contributed by atoms with Crippen LogP contribution in [0.4, 0.5) is 22.0 Å². The van der Waals surface area contributed by atoms with Crippen LogP contribution in [0.15, 0.2) is 88.0 Å². The van der Waals surface area contributed by atoms with Gasteiger partial charge in [0.05, 0.1) is 11.7 Å². The molecule has 2 spiro atoms. The van der Waals surface area contributed by atoms with Crippen molar-refractivity contribution in [2.45, 2.75) is 87.6 Å². The first-order chi connectivity index (χ1) is 25.8. The van der Waals surface area contributed by atoms with Gasteiger partial charge in [0, 0.05) is 40.5 Å². The van der Waals surface area contributed by atoms with Crippen LogP contribution >= 0.6 is 11.3 Å². The number of halogens is 5. The number of Topliss-reactive ketones (excluding diaryl/α,β-unsaturated/α-hetero) is 1. The average Bonchev–Trinajstić information content (AvgIpc) is 3.76. The van der Waals surface area contributed by atoms with Crippen LogP contribution in [0.1, 0.15) is 74.7 Å². The molecule has 6 aliphatic rings. The predicted molar refractivity (Wildman–Crippen MR) is 194 cm³/mol. The van der Waals surface area contributed by atoms with Crippen LogP contribution < -0.4 is 4.74 Å². The summed E-state index contributed by atoms with van der Waals surface area (Å²) in [7, 11) is -4.21. The van der Waals surface area contributed by atoms with Crippen LogP contribution in [-0.4, -0.2) is 53.3 Å². The fourth-order valence-electron chi connectivity index (χ4n) is 11.4. The summed E-state index contributed by atoms with van der Waals surface area (Å²) in [6.45, 7) is 3.59. The van der Waals surface area contributed by atoms with Crippen molar-refractivity contribution in [2.24, 2.45) is 33.5 Å². The normalized spacial score (nSPS) is 35.2. The second kappa shape index (κ2) is 12.8. The number of ether oxygens (including phenoxy) is 1. The number of allylic oxidation sites excluding steroid dienone is 4. The third kappa shape index (κ3) is 5.79. The van der Waals surface area contributed by atoms with Gasteiger partial charge < -0.3 is 14.9 Å². The minimum atomic E-state index is -4.90. The summed E-state index contributed by atoms with van der Waals surface area (Å²) in [5.41, 5.74) is -3.71. The van der Waals surface area contributed by atoms with Crippen molar-refractivity contribution < 1.29 is 50.1 Å². The summed E-state index contributed by atoms with van der Waals surface area (Å²) in [4.78, 5) is 14.7. The van der Waals surface area contributed by atoms with E-state index in [9.17, 15) is 45.4 Å². The van der Waals surface area contributed by atoms with Gasteiger partial charge in [-0.25, -0.2) is 17.2 Å². The summed E-state index contributed by atoms with van der Waals surface area (Å²) in [5, 5.41) is 25.5. The number of benzene rings is 2. The second-order valence-corrected chi connectivity index (χ2v) is 19.8. The molecule has 7 nitrogen and oxygen atoms in total. The fraction of sp³-hybridized carbons (Fsp3) is 0.488. The van der Waals surface area contributed by atoms with Gasteiger partial charge in [-0.15, -0.1) is 24.5 Å². The Hall–Kier alpha value is -3.43. The summed E-state index contributed by atoms with van der Waals surface area (Å²) < 4.78 is 101. The van der Waals surface area contributed by atoms with E-state index < -0.39 is 67.5 Å². The lowest BCUT2D eigenvalue weighted by atomic mass is 9.32. The van der Waals surface area contributed by atoms with E-state index in [4.69, 9.17) is 0 Å². The number of carbonyl (C=O) groups excluding carboxylic acids is 1. The average molecular weight is 804 g/mol. The molecule has 1 aromatic heterocycles. The third-order valence-corrected chi connectivity index (χ3v) is 17.3. The monoisotopic (exact) mass is 803 g/mol. The van der Waals surface area contributed by atoms with E-state index in [-0.39, 0.29) is 46.5 Å². The summed E-state index contributed by atoms with van der Waals surface area (Å²) in [6, 6.07) is 11.1. The van der Waals surface area contributed by atoms with Crippen LogP contribution in [0, 0.1) is 45.1 Å². The van der Waals surface area contributed by atoms with Crippen LogP contribution in [-0.2, 0) is 16.6 Å². The van der Waals surface area contributed by atoms with E-state index >= 15 is 0 Å². The lowest BCUT2D eigenvalue weighted by molar-refractivity contribution is -0.274. The Kier molecular flexibility index (Phi) is 8.94. The highest BCUT2D eigenvalue weighted by Gasteiger charge is 2.74. The predicted octanol–water partition coefficient (Wildman–Crippen LogP) is 8.59. The number of aliphatic hydroxyl groups excluding tert-OH is 1. The quantitative estimate of drug-likeness (QED) is 0.128. The molecule has 2 aromatic carbocycles. The zero-order chi connectivity index (χ0) is 39.4. The highest BCUT2D eigenvalue weighted by atomic mass is 32.2. The number of sulfonamides is 1. The lowest BCUT2D eigenvalue weighted by Crippen LogP contribution is -2.67. The maximum atomic E-state index is 14.7. The van der Waals surface area contributed by atoms with Crippen molar-refractivity contribution in [1.82, 2.24) is 4.31 Å². The highest BCUT2D eigenvalue weighted by Crippen LogP contribution is 2.78. The van der Waals surface area contributed by atoms with Gasteiger partial charge in [-0.1, -0.05) is 50.3 Å². The van der Waals surface area contributed by atoms with Crippen molar-refractivity contribution in [3.63, 3.8) is 0 Å². The summed E-state index contributed by atoms with van der Waals surface area (Å²) in [5.74, 6) is -3.60. The summed E-state index contributed by atoms with van der Waals surface area (Å²) >= 11 is 1.01. The number of nitrogens with zero attached hydrogens (tertiary/aromatic N) is 1. The van der Waals surface area contributed by atoms with E-state index in [1.54, 1.807) is 11.4 Å². The van der Waals surface area contributed by atoms with E-state index in [0.717, 1.165) is 35.6 Å². The molecule has 0 amide bonds. The van der Waals surface area contributed by atoms with Crippen molar-refractivity contribution in [2.75, 3.05) is 6.54 Å². The van der Waals surface area contributed by atoms with Crippen molar-refractivity contribution >= 4 is 27.1 Å². The molecular formula is C41H42F5NO6S2. The number of hydrogen-bond acceptors (Lipinski definition) is 7. The maximum Gasteiger partial charge on any atom is 0.573 e. The Bertz CT molecular complexity index is 2190. The van der Waals surface area contributed by atoms with Crippen LogP contribution in [0.5, 0.6) is 5.75 Å². The zero-order valence-corrected chi connectivity index (χ0v) is 31.9. The van der Waals surface area contributed by atoms with Crippen molar-refractivity contribution in [3.8, 4) is 5.75 Å². The molecule has 14 heteroatoms. The Morgan fingerprint density at radius 2 is 1.64 bits per heavy atom. The van der Waals surface area contributed by atoms with Gasteiger partial charge >= 0.3 is 6.36 Å². The molecule has 9 rings (SSSR count). The standard InChI is InChI=1S/C41H42F5NO6S2/c1-36-14-11-27(48)21-38(36)17-18-40(29(22-38)35(49)26-7-10-30(42)31(43)20-26)32(36)12-15-37(2)33(40)13-16-39(37,50)24-47(55(51,52)34-4-3-19-54-34)23-25-5-8-28(9-6-25)53-41(44,45)46/h3-10,17-20,22,27,32-33,48,50H,11-16,21,23-24H2,1-2H3/t27?,32-,33-,36-,37+,38+,39-,40-/m1/s1. The largest absolute Gasteiger partial charge is 0.573 e. The molecule has 55 heavy (non-hydrogen) atoms. The molecule has 3 fully saturated rings. The molecule has 2 bridgehead atoms. The summed E-state index contributed by atoms with van der Waals surface area (Å²) in [6.07, 6.45) is 4.05. The van der Waals surface area contributed by atoms with E-state index in [1.165, 1.54) is 28.6 Å². The van der Waals surface area contributed by atoms with Gasteiger partial charge in [0.1, 0.15) is 9.96 Å². The topological polar surface area (TPSA) is 104 Å². The van der Waals surface area contributed by atoms with Crippen molar-refractivity contribution in [1.29, 1.82) is 0 Å². The molecule has 0 saturated heterocycles. The van der Waals surface area contributed by atoms with Crippen LogP contribution in [0.2, 0.25) is 0 Å². The Labute approximate surface area is 320 Å². The van der Waals surface area contributed by atoms with Gasteiger partial charge in [-0.3, -0.25) is 4.79 Å². The molecule has 3 saturated carbocycles. The molecule has 1 unspecified atom stereocenters.